The van der Waals surface area contributed by atoms with Crippen molar-refractivity contribution in [2.24, 2.45) is 0 Å². The van der Waals surface area contributed by atoms with Gasteiger partial charge in [-0.25, -0.2) is 4.79 Å². The monoisotopic (exact) mass is 524 g/mol. The molecule has 1 heterocycles. The summed E-state index contributed by atoms with van der Waals surface area (Å²) in [5.74, 6) is -1.43. The smallest absolute Gasteiger partial charge is 0.356 e. The minimum absolute atomic E-state index is 0.0829. The van der Waals surface area contributed by atoms with Gasteiger partial charge in [-0.1, -0.05) is 97.1 Å². The van der Waals surface area contributed by atoms with E-state index in [1.54, 1.807) is 19.9 Å². The van der Waals surface area contributed by atoms with Gasteiger partial charge in [0.2, 0.25) is 5.91 Å². The van der Waals surface area contributed by atoms with Crippen LogP contribution >= 0.6 is 0 Å². The molecule has 4 rings (SSSR count). The summed E-state index contributed by atoms with van der Waals surface area (Å²) in [6, 6.07) is 27.1. The van der Waals surface area contributed by atoms with Crippen LogP contribution in [0.15, 0.2) is 115 Å². The molecule has 0 aromatic heterocycles. The maximum absolute atomic E-state index is 13.7. The standard InChI is InChI=1S/C32H32N2O5/c1-4-20-38-31-27(33-26(35)21-23-14-8-5-9-15-23)30(36)34(31)28(22(2)3)32(37)39-29(24-16-10-6-11-17-24)25-18-12-7-13-19-25/h4-19,27,29,31H,1,20-21H2,2-3H3,(H,33,35)/t27-,31+/m1/s1. The fourth-order valence-corrected chi connectivity index (χ4v) is 4.47. The molecule has 2 atom stereocenters. The van der Waals surface area contributed by atoms with Crippen LogP contribution < -0.4 is 5.32 Å². The van der Waals surface area contributed by atoms with Gasteiger partial charge in [0.25, 0.3) is 5.91 Å². The van der Waals surface area contributed by atoms with Crippen LogP contribution in [0.2, 0.25) is 0 Å². The van der Waals surface area contributed by atoms with Crippen molar-refractivity contribution in [3.8, 4) is 0 Å². The summed E-state index contributed by atoms with van der Waals surface area (Å²) >= 11 is 0. The topological polar surface area (TPSA) is 84.9 Å². The second-order valence-electron chi connectivity index (χ2n) is 9.38. The molecule has 7 heteroatoms. The molecule has 0 bridgehead atoms. The molecule has 1 N–H and O–H groups in total. The van der Waals surface area contributed by atoms with Crippen LogP contribution in [0.5, 0.6) is 0 Å². The van der Waals surface area contributed by atoms with Gasteiger partial charge in [-0.05, 0) is 36.1 Å². The fourth-order valence-electron chi connectivity index (χ4n) is 4.47. The predicted molar refractivity (Wildman–Crippen MR) is 148 cm³/mol. The molecular weight excluding hydrogens is 492 g/mol. The SMILES string of the molecule is C=CCO[C@H]1[C@H](NC(=O)Cc2ccccc2)C(=O)N1C(C(=O)OC(c1ccccc1)c1ccccc1)=C(C)C. The number of rotatable bonds is 11. The average Bonchev–Trinajstić information content (AvgIpc) is 2.95. The number of carbonyl (C=O) groups is 3. The summed E-state index contributed by atoms with van der Waals surface area (Å²) in [5.41, 5.74) is 3.08. The lowest BCUT2D eigenvalue weighted by Crippen LogP contribution is -2.71. The van der Waals surface area contributed by atoms with E-state index in [1.807, 2.05) is 91.0 Å². The van der Waals surface area contributed by atoms with Crippen LogP contribution in [0.1, 0.15) is 36.6 Å². The van der Waals surface area contributed by atoms with Gasteiger partial charge in [-0.2, -0.15) is 0 Å². The molecule has 1 aliphatic heterocycles. The number of nitrogens with zero attached hydrogens (tertiary/aromatic N) is 1. The van der Waals surface area contributed by atoms with E-state index in [9.17, 15) is 14.4 Å². The number of benzene rings is 3. The molecule has 39 heavy (non-hydrogen) atoms. The summed E-state index contributed by atoms with van der Waals surface area (Å²) in [7, 11) is 0. The van der Waals surface area contributed by atoms with Crippen LogP contribution in [0.4, 0.5) is 0 Å². The summed E-state index contributed by atoms with van der Waals surface area (Å²) in [6.07, 6.45) is 0.0938. The Balaban J connectivity index is 1.56. The minimum atomic E-state index is -0.942. The molecule has 1 saturated heterocycles. The fraction of sp³-hybridized carbons (Fsp3) is 0.219. The zero-order valence-electron chi connectivity index (χ0n) is 22.1. The van der Waals surface area contributed by atoms with Crippen LogP contribution in [0, 0.1) is 0 Å². The highest BCUT2D eigenvalue weighted by molar-refractivity contribution is 6.01. The van der Waals surface area contributed by atoms with Gasteiger partial charge >= 0.3 is 5.97 Å². The quantitative estimate of drug-likeness (QED) is 0.170. The minimum Gasteiger partial charge on any atom is -0.448 e. The Morgan fingerprint density at radius 1 is 0.923 bits per heavy atom. The Bertz CT molecular complexity index is 1300. The first kappa shape index (κ1) is 27.5. The first-order chi connectivity index (χ1) is 18.9. The van der Waals surface area contributed by atoms with E-state index < -0.39 is 30.3 Å². The number of esters is 1. The highest BCUT2D eigenvalue weighted by atomic mass is 16.5. The highest BCUT2D eigenvalue weighted by Gasteiger charge is 2.52. The van der Waals surface area contributed by atoms with E-state index in [0.717, 1.165) is 16.7 Å². The molecule has 1 aliphatic rings. The highest BCUT2D eigenvalue weighted by Crippen LogP contribution is 2.32. The number of hydrogen-bond acceptors (Lipinski definition) is 5. The largest absolute Gasteiger partial charge is 0.448 e. The third-order valence-corrected chi connectivity index (χ3v) is 6.29. The Hall–Kier alpha value is -4.49. The first-order valence-electron chi connectivity index (χ1n) is 12.8. The third-order valence-electron chi connectivity index (χ3n) is 6.29. The van der Waals surface area contributed by atoms with Crippen molar-refractivity contribution in [1.29, 1.82) is 0 Å². The Labute approximate surface area is 228 Å². The van der Waals surface area contributed by atoms with Crippen molar-refractivity contribution >= 4 is 17.8 Å². The van der Waals surface area contributed by atoms with Crippen LogP contribution in [-0.2, 0) is 30.3 Å². The van der Waals surface area contributed by atoms with Crippen LogP contribution in [0.3, 0.4) is 0 Å². The molecule has 7 nitrogen and oxygen atoms in total. The number of carbonyl (C=O) groups excluding carboxylic acids is 3. The number of amides is 2. The average molecular weight is 525 g/mol. The molecule has 0 aliphatic carbocycles. The third kappa shape index (κ3) is 6.51. The lowest BCUT2D eigenvalue weighted by atomic mass is 9.99. The maximum atomic E-state index is 13.7. The number of allylic oxidation sites excluding steroid dienone is 1. The van der Waals surface area contributed by atoms with Crippen LogP contribution in [0.25, 0.3) is 0 Å². The Morgan fingerprint density at radius 3 is 1.97 bits per heavy atom. The van der Waals surface area contributed by atoms with E-state index in [0.29, 0.717) is 5.57 Å². The molecule has 2 amide bonds. The van der Waals surface area contributed by atoms with Crippen molar-refractivity contribution in [3.05, 3.63) is 132 Å². The van der Waals surface area contributed by atoms with E-state index >= 15 is 0 Å². The zero-order chi connectivity index (χ0) is 27.8. The van der Waals surface area contributed by atoms with Gasteiger partial charge in [0.15, 0.2) is 18.4 Å². The van der Waals surface area contributed by atoms with Gasteiger partial charge in [0.1, 0.15) is 5.70 Å². The molecule has 3 aromatic carbocycles. The molecular formula is C32H32N2O5. The summed E-state index contributed by atoms with van der Waals surface area (Å²) in [4.78, 5) is 41.0. The number of β-lactam (4-membered cyclic amide) rings is 1. The summed E-state index contributed by atoms with van der Waals surface area (Å²) < 4.78 is 11.9. The normalized spacial score (nSPS) is 16.3. The summed E-state index contributed by atoms with van der Waals surface area (Å²) in [6.45, 7) is 7.27. The van der Waals surface area contributed by atoms with Gasteiger partial charge < -0.3 is 14.8 Å². The van der Waals surface area contributed by atoms with Crippen molar-refractivity contribution in [2.75, 3.05) is 6.61 Å². The predicted octanol–water partition coefficient (Wildman–Crippen LogP) is 4.71. The van der Waals surface area contributed by atoms with Gasteiger partial charge in [-0.15, -0.1) is 6.58 Å². The van der Waals surface area contributed by atoms with Gasteiger partial charge in [0, 0.05) is 0 Å². The lowest BCUT2D eigenvalue weighted by Gasteiger charge is -2.47. The molecule has 0 spiro atoms. The first-order valence-corrected chi connectivity index (χ1v) is 12.8. The van der Waals surface area contributed by atoms with Crippen molar-refractivity contribution in [3.63, 3.8) is 0 Å². The van der Waals surface area contributed by atoms with E-state index in [-0.39, 0.29) is 24.6 Å². The molecule has 1 fully saturated rings. The maximum Gasteiger partial charge on any atom is 0.356 e. The lowest BCUT2D eigenvalue weighted by molar-refractivity contribution is -0.181. The number of nitrogens with one attached hydrogen (secondary N) is 1. The van der Waals surface area contributed by atoms with E-state index in [1.165, 1.54) is 4.90 Å². The van der Waals surface area contributed by atoms with Gasteiger partial charge in [0.05, 0.1) is 13.0 Å². The second kappa shape index (κ2) is 12.8. The zero-order valence-corrected chi connectivity index (χ0v) is 22.1. The molecule has 0 radical (unpaired) electrons. The van der Waals surface area contributed by atoms with E-state index in [4.69, 9.17) is 9.47 Å². The number of ether oxygens (including phenoxy) is 2. The molecule has 0 saturated carbocycles. The molecule has 3 aromatic rings. The van der Waals surface area contributed by atoms with Crippen molar-refractivity contribution in [2.45, 2.75) is 38.6 Å². The van der Waals surface area contributed by atoms with Crippen molar-refractivity contribution in [1.82, 2.24) is 10.2 Å². The van der Waals surface area contributed by atoms with Crippen LogP contribution in [-0.4, -0.2) is 41.6 Å². The van der Waals surface area contributed by atoms with E-state index in [2.05, 4.69) is 11.9 Å². The second-order valence-corrected chi connectivity index (χ2v) is 9.38. The summed E-state index contributed by atoms with van der Waals surface area (Å²) in [5, 5.41) is 2.76. The number of hydrogen-bond donors (Lipinski definition) is 1. The molecule has 200 valence electrons. The Morgan fingerprint density at radius 2 is 1.46 bits per heavy atom. The van der Waals surface area contributed by atoms with Crippen molar-refractivity contribution < 1.29 is 23.9 Å². The Kier molecular flexibility index (Phi) is 9.07. The number of likely N-dealkylation sites (tertiary alicyclic amines) is 1. The van der Waals surface area contributed by atoms with Gasteiger partial charge in [-0.3, -0.25) is 14.5 Å². The molecule has 0 unspecified atom stereocenters.